The summed E-state index contributed by atoms with van der Waals surface area (Å²) in [6, 6.07) is 2.18. The largest absolute Gasteiger partial charge is 0.260 e. The molecular formula is C9H8N2S. The van der Waals surface area contributed by atoms with E-state index < -0.39 is 0 Å². The van der Waals surface area contributed by atoms with Crippen LogP contribution in [0, 0.1) is 18.3 Å². The molecule has 3 heteroatoms. The second-order valence-electron chi connectivity index (χ2n) is 2.82. The van der Waals surface area contributed by atoms with E-state index in [1.807, 2.05) is 18.7 Å². The van der Waals surface area contributed by atoms with E-state index in [-0.39, 0.29) is 0 Å². The van der Waals surface area contributed by atoms with E-state index in [4.69, 9.17) is 5.26 Å². The van der Waals surface area contributed by atoms with Crippen molar-refractivity contribution in [3.8, 4) is 6.07 Å². The van der Waals surface area contributed by atoms with Crippen LogP contribution in [-0.4, -0.2) is 4.98 Å². The molecule has 0 saturated carbocycles. The number of hydrogen-bond donors (Lipinski definition) is 0. The van der Waals surface area contributed by atoms with Crippen molar-refractivity contribution in [1.29, 1.82) is 5.26 Å². The lowest BCUT2D eigenvalue weighted by Crippen LogP contribution is -1.94. The van der Waals surface area contributed by atoms with Gasteiger partial charge in [0.1, 0.15) is 6.07 Å². The molecule has 0 radical (unpaired) electrons. The van der Waals surface area contributed by atoms with Crippen molar-refractivity contribution in [3.05, 3.63) is 28.6 Å². The third kappa shape index (κ3) is 0.997. The van der Waals surface area contributed by atoms with Gasteiger partial charge < -0.3 is 0 Å². The van der Waals surface area contributed by atoms with Crippen molar-refractivity contribution >= 4 is 11.8 Å². The minimum Gasteiger partial charge on any atom is -0.260 e. The first-order valence-corrected chi connectivity index (χ1v) is 4.93. The molecule has 0 atom stereocenters. The highest BCUT2D eigenvalue weighted by Crippen LogP contribution is 2.32. The van der Waals surface area contributed by atoms with Crippen LogP contribution < -0.4 is 0 Å². The molecule has 0 fully saturated rings. The summed E-state index contributed by atoms with van der Waals surface area (Å²) in [7, 11) is 0. The van der Waals surface area contributed by atoms with Crippen molar-refractivity contribution in [3.63, 3.8) is 0 Å². The van der Waals surface area contributed by atoms with Crippen LogP contribution in [0.4, 0.5) is 0 Å². The first kappa shape index (κ1) is 7.63. The normalized spacial score (nSPS) is 14.0. The number of rotatable bonds is 0. The van der Waals surface area contributed by atoms with Gasteiger partial charge in [-0.2, -0.15) is 17.0 Å². The summed E-state index contributed by atoms with van der Waals surface area (Å²) in [5, 5.41) is 8.79. The Labute approximate surface area is 75.6 Å². The third-order valence-corrected chi connectivity index (χ3v) is 3.11. The quantitative estimate of drug-likeness (QED) is 0.606. The van der Waals surface area contributed by atoms with Gasteiger partial charge in [-0.05, 0) is 18.1 Å². The van der Waals surface area contributed by atoms with Crippen LogP contribution >= 0.6 is 11.8 Å². The number of aryl methyl sites for hydroxylation is 1. The fourth-order valence-corrected chi connectivity index (χ4v) is 2.63. The van der Waals surface area contributed by atoms with E-state index in [1.165, 1.54) is 11.1 Å². The zero-order valence-corrected chi connectivity index (χ0v) is 7.61. The van der Waals surface area contributed by atoms with E-state index >= 15 is 0 Å². The predicted molar refractivity (Wildman–Crippen MR) is 48.7 cm³/mol. The number of pyridine rings is 1. The summed E-state index contributed by atoms with van der Waals surface area (Å²) in [6.45, 7) is 2.01. The number of nitrogens with zero attached hydrogens (tertiary/aromatic N) is 2. The summed E-state index contributed by atoms with van der Waals surface area (Å²) >= 11 is 1.86. The Balaban J connectivity index is 2.66. The molecule has 2 rings (SSSR count). The minimum absolute atomic E-state index is 0.751. The molecule has 0 spiro atoms. The molecule has 1 aromatic rings. The van der Waals surface area contributed by atoms with E-state index in [2.05, 4.69) is 11.1 Å². The van der Waals surface area contributed by atoms with Crippen molar-refractivity contribution in [1.82, 2.24) is 4.98 Å². The van der Waals surface area contributed by atoms with Crippen LogP contribution in [0.5, 0.6) is 0 Å². The number of fused-ring (bicyclic) bond motifs is 1. The van der Waals surface area contributed by atoms with Crippen molar-refractivity contribution < 1.29 is 0 Å². The molecule has 0 saturated heterocycles. The second kappa shape index (κ2) is 2.80. The van der Waals surface area contributed by atoms with Gasteiger partial charge in [0.05, 0.1) is 5.56 Å². The van der Waals surface area contributed by atoms with Gasteiger partial charge in [0.15, 0.2) is 0 Å². The van der Waals surface area contributed by atoms with E-state index in [0.29, 0.717) is 0 Å². The molecule has 0 amide bonds. The lowest BCUT2D eigenvalue weighted by Gasteiger charge is -2.02. The molecule has 0 aliphatic carbocycles. The standard InChI is InChI=1S/C9H8N2S/c1-6-8-4-12-5-9(8)7(2-10)3-11-6/h3H,4-5H2,1H3. The van der Waals surface area contributed by atoms with Gasteiger partial charge in [0, 0.05) is 23.4 Å². The number of nitriles is 1. The van der Waals surface area contributed by atoms with Crippen molar-refractivity contribution in [2.45, 2.75) is 18.4 Å². The molecule has 0 bridgehead atoms. The highest BCUT2D eigenvalue weighted by atomic mass is 32.2. The average Bonchev–Trinajstić information content (AvgIpc) is 2.54. The van der Waals surface area contributed by atoms with Crippen molar-refractivity contribution in [2.24, 2.45) is 0 Å². The molecule has 60 valence electrons. The fraction of sp³-hybridized carbons (Fsp3) is 0.333. The smallest absolute Gasteiger partial charge is 0.101 e. The van der Waals surface area contributed by atoms with Crippen LogP contribution in [0.25, 0.3) is 0 Å². The molecule has 1 aromatic heterocycles. The lowest BCUT2D eigenvalue weighted by molar-refractivity contribution is 1.11. The molecule has 1 aliphatic rings. The Kier molecular flexibility index (Phi) is 1.78. The SMILES string of the molecule is Cc1ncc(C#N)c2c1CSC2. The predicted octanol–water partition coefficient (Wildman–Crippen LogP) is 2.01. The minimum atomic E-state index is 0.751. The summed E-state index contributed by atoms with van der Waals surface area (Å²) < 4.78 is 0. The van der Waals surface area contributed by atoms with Crippen molar-refractivity contribution in [2.75, 3.05) is 0 Å². The molecule has 0 aromatic carbocycles. The van der Waals surface area contributed by atoms with Gasteiger partial charge in [-0.15, -0.1) is 0 Å². The highest BCUT2D eigenvalue weighted by molar-refractivity contribution is 7.98. The fourth-order valence-electron chi connectivity index (χ4n) is 1.41. The summed E-state index contributed by atoms with van der Waals surface area (Å²) in [5.41, 5.74) is 4.31. The van der Waals surface area contributed by atoms with Gasteiger partial charge in [0.2, 0.25) is 0 Å². The van der Waals surface area contributed by atoms with Gasteiger partial charge in [-0.1, -0.05) is 0 Å². The van der Waals surface area contributed by atoms with Gasteiger partial charge in [0.25, 0.3) is 0 Å². The molecule has 1 aliphatic heterocycles. The molecule has 0 unspecified atom stereocenters. The zero-order valence-electron chi connectivity index (χ0n) is 6.79. The van der Waals surface area contributed by atoms with E-state index in [9.17, 15) is 0 Å². The Hall–Kier alpha value is -1.01. The summed E-state index contributed by atoms with van der Waals surface area (Å²) in [6.07, 6.45) is 1.68. The van der Waals surface area contributed by atoms with E-state index in [1.54, 1.807) is 6.20 Å². The first-order chi connectivity index (χ1) is 5.83. The molecule has 2 heterocycles. The lowest BCUT2D eigenvalue weighted by atomic mass is 10.1. The van der Waals surface area contributed by atoms with Gasteiger partial charge >= 0.3 is 0 Å². The van der Waals surface area contributed by atoms with Crippen LogP contribution in [-0.2, 0) is 11.5 Å². The molecule has 0 N–H and O–H groups in total. The number of aromatic nitrogens is 1. The maximum atomic E-state index is 8.79. The first-order valence-electron chi connectivity index (χ1n) is 3.78. The summed E-state index contributed by atoms with van der Waals surface area (Å²) in [5.74, 6) is 1.99. The Morgan fingerprint density at radius 1 is 1.50 bits per heavy atom. The molecule has 12 heavy (non-hydrogen) atoms. The Morgan fingerprint density at radius 2 is 2.25 bits per heavy atom. The number of hydrogen-bond acceptors (Lipinski definition) is 3. The Bertz CT molecular complexity index is 366. The van der Waals surface area contributed by atoms with Crippen LogP contribution in [0.3, 0.4) is 0 Å². The topological polar surface area (TPSA) is 36.7 Å². The van der Waals surface area contributed by atoms with Gasteiger partial charge in [-0.3, -0.25) is 4.98 Å². The average molecular weight is 176 g/mol. The third-order valence-electron chi connectivity index (χ3n) is 2.13. The molecular weight excluding hydrogens is 168 g/mol. The van der Waals surface area contributed by atoms with Crippen LogP contribution in [0.15, 0.2) is 6.20 Å². The zero-order chi connectivity index (χ0) is 8.55. The van der Waals surface area contributed by atoms with Gasteiger partial charge in [-0.25, -0.2) is 0 Å². The summed E-state index contributed by atoms with van der Waals surface area (Å²) in [4.78, 5) is 4.19. The van der Waals surface area contributed by atoms with E-state index in [0.717, 1.165) is 22.8 Å². The maximum absolute atomic E-state index is 8.79. The monoisotopic (exact) mass is 176 g/mol. The molecule has 2 nitrogen and oxygen atoms in total. The Morgan fingerprint density at radius 3 is 3.00 bits per heavy atom. The number of thioether (sulfide) groups is 1. The second-order valence-corrected chi connectivity index (χ2v) is 3.80. The maximum Gasteiger partial charge on any atom is 0.101 e. The van der Waals surface area contributed by atoms with Crippen LogP contribution in [0.1, 0.15) is 22.4 Å². The highest BCUT2D eigenvalue weighted by Gasteiger charge is 2.17. The van der Waals surface area contributed by atoms with Crippen LogP contribution in [0.2, 0.25) is 0 Å².